The van der Waals surface area contributed by atoms with Crippen molar-refractivity contribution in [1.82, 2.24) is 5.32 Å². The third kappa shape index (κ3) is 3.28. The number of rotatable bonds is 4. The number of hydrogen-bond donors (Lipinski definition) is 1. The number of Topliss-reactive ketones (excluding diaryl/α,β-unsaturated/α-hetero) is 1. The molecule has 0 unspecified atom stereocenters. The van der Waals surface area contributed by atoms with E-state index in [4.69, 9.17) is 9.47 Å². The van der Waals surface area contributed by atoms with Crippen LogP contribution in [0.5, 0.6) is 11.5 Å². The summed E-state index contributed by atoms with van der Waals surface area (Å²) in [4.78, 5) is 25.5. The molecule has 2 atom stereocenters. The maximum Gasteiger partial charge on any atom is 0.225 e. The lowest BCUT2D eigenvalue weighted by Crippen LogP contribution is -2.38. The van der Waals surface area contributed by atoms with Crippen molar-refractivity contribution in [3.05, 3.63) is 70.9 Å². The van der Waals surface area contributed by atoms with Gasteiger partial charge in [-0.3, -0.25) is 9.59 Å². The quantitative estimate of drug-likeness (QED) is 0.882. The molecule has 0 bridgehead atoms. The number of benzene rings is 2. The molecule has 1 aliphatic heterocycles. The Morgan fingerprint density at radius 2 is 1.61 bits per heavy atom. The highest BCUT2D eigenvalue weighted by Crippen LogP contribution is 2.43. The number of carbonyl (C=O) groups excluding carboxylic acids is 2. The molecular weight excluding hydrogens is 354 g/mol. The van der Waals surface area contributed by atoms with Crippen LogP contribution in [0.15, 0.2) is 59.8 Å². The Morgan fingerprint density at radius 1 is 0.857 bits per heavy atom. The summed E-state index contributed by atoms with van der Waals surface area (Å²) in [6, 6.07) is 15.5. The zero-order valence-corrected chi connectivity index (χ0v) is 16.0. The van der Waals surface area contributed by atoms with Crippen molar-refractivity contribution in [2.45, 2.75) is 31.1 Å². The van der Waals surface area contributed by atoms with Gasteiger partial charge in [-0.05, 0) is 35.6 Å². The molecule has 28 heavy (non-hydrogen) atoms. The molecule has 144 valence electrons. The molecule has 1 N–H and O–H groups in total. The van der Waals surface area contributed by atoms with Gasteiger partial charge >= 0.3 is 0 Å². The number of ether oxygens (including phenoxy) is 2. The van der Waals surface area contributed by atoms with E-state index in [2.05, 4.69) is 5.32 Å². The molecule has 0 radical (unpaired) electrons. The predicted octanol–water partition coefficient (Wildman–Crippen LogP) is 3.71. The van der Waals surface area contributed by atoms with Crippen LogP contribution in [0.4, 0.5) is 0 Å². The van der Waals surface area contributed by atoms with Crippen molar-refractivity contribution >= 4 is 11.7 Å². The second kappa shape index (κ2) is 7.50. The van der Waals surface area contributed by atoms with E-state index < -0.39 is 0 Å². The van der Waals surface area contributed by atoms with E-state index in [0.29, 0.717) is 30.8 Å². The van der Waals surface area contributed by atoms with Gasteiger partial charge < -0.3 is 14.8 Å². The first-order valence-electron chi connectivity index (χ1n) is 9.43. The normalized spacial score (nSPS) is 21.8. The van der Waals surface area contributed by atoms with E-state index in [-0.39, 0.29) is 23.5 Å². The number of carbonyl (C=O) groups is 2. The highest BCUT2D eigenvalue weighted by atomic mass is 16.5. The van der Waals surface area contributed by atoms with Gasteiger partial charge in [0.15, 0.2) is 17.3 Å². The molecule has 4 rings (SSSR count). The van der Waals surface area contributed by atoms with Crippen LogP contribution in [0.25, 0.3) is 0 Å². The maximum atomic E-state index is 13.1. The fourth-order valence-corrected chi connectivity index (χ4v) is 4.27. The average Bonchev–Trinajstić information content (AvgIpc) is 2.72. The van der Waals surface area contributed by atoms with Crippen LogP contribution in [-0.4, -0.2) is 25.9 Å². The molecule has 0 saturated heterocycles. The van der Waals surface area contributed by atoms with Gasteiger partial charge in [0.2, 0.25) is 5.91 Å². The summed E-state index contributed by atoms with van der Waals surface area (Å²) >= 11 is 0. The monoisotopic (exact) mass is 377 g/mol. The van der Waals surface area contributed by atoms with E-state index >= 15 is 0 Å². The summed E-state index contributed by atoms with van der Waals surface area (Å²) in [6.07, 6.45) is 1.37. The lowest BCUT2D eigenvalue weighted by atomic mass is 9.73. The fourth-order valence-electron chi connectivity index (χ4n) is 4.27. The minimum absolute atomic E-state index is 0.000814. The second-order valence-electron chi connectivity index (χ2n) is 7.25. The minimum Gasteiger partial charge on any atom is -0.493 e. The summed E-state index contributed by atoms with van der Waals surface area (Å²) in [7, 11) is 3.19. The first kappa shape index (κ1) is 18.3. The van der Waals surface area contributed by atoms with E-state index in [1.54, 1.807) is 14.2 Å². The van der Waals surface area contributed by atoms with Crippen molar-refractivity contribution in [3.8, 4) is 11.5 Å². The third-order valence-corrected chi connectivity index (χ3v) is 5.62. The minimum atomic E-state index is -0.163. The molecule has 5 heteroatoms. The Balaban J connectivity index is 1.69. The SMILES string of the molecule is COc1ccc([C@@H]2CC(=O)C3=C(C2)NC(=O)C[C@H]3c2ccccc2)cc1OC. The maximum absolute atomic E-state index is 13.1. The number of nitrogens with one attached hydrogen (secondary N) is 1. The second-order valence-corrected chi connectivity index (χ2v) is 7.25. The molecule has 1 amide bonds. The van der Waals surface area contributed by atoms with Crippen molar-refractivity contribution in [2.75, 3.05) is 14.2 Å². The number of ketones is 1. The van der Waals surface area contributed by atoms with Crippen LogP contribution >= 0.6 is 0 Å². The summed E-state index contributed by atoms with van der Waals surface area (Å²) in [5.74, 6) is 1.21. The van der Waals surface area contributed by atoms with Crippen molar-refractivity contribution in [1.29, 1.82) is 0 Å². The van der Waals surface area contributed by atoms with Crippen LogP contribution in [0, 0.1) is 0 Å². The van der Waals surface area contributed by atoms with E-state index in [0.717, 1.165) is 22.4 Å². The van der Waals surface area contributed by atoms with Crippen molar-refractivity contribution in [2.24, 2.45) is 0 Å². The Labute approximate surface area is 164 Å². The first-order chi connectivity index (χ1) is 13.6. The lowest BCUT2D eigenvalue weighted by molar-refractivity contribution is -0.122. The van der Waals surface area contributed by atoms with Gasteiger partial charge in [-0.2, -0.15) is 0 Å². The standard InChI is InChI=1S/C23H23NO4/c1-27-20-9-8-15(12-21(20)28-2)16-10-18-23(19(25)11-16)17(13-22(26)24-18)14-6-4-3-5-7-14/h3-9,12,16-17H,10-11,13H2,1-2H3,(H,24,26)/t16-,17-/m0/s1. The largest absolute Gasteiger partial charge is 0.493 e. The predicted molar refractivity (Wildman–Crippen MR) is 105 cm³/mol. The van der Waals surface area contributed by atoms with Crippen LogP contribution < -0.4 is 14.8 Å². The smallest absolute Gasteiger partial charge is 0.225 e. The number of methoxy groups -OCH3 is 2. The molecule has 0 spiro atoms. The molecule has 2 aromatic carbocycles. The zero-order chi connectivity index (χ0) is 19.7. The van der Waals surface area contributed by atoms with E-state index in [1.165, 1.54) is 0 Å². The van der Waals surface area contributed by atoms with Gasteiger partial charge in [0, 0.05) is 30.0 Å². The summed E-state index contributed by atoms with van der Waals surface area (Å²) < 4.78 is 10.7. The number of amides is 1. The third-order valence-electron chi connectivity index (χ3n) is 5.62. The van der Waals surface area contributed by atoms with Crippen molar-refractivity contribution < 1.29 is 19.1 Å². The Hall–Kier alpha value is -3.08. The number of allylic oxidation sites excluding steroid dienone is 2. The fraction of sp³-hybridized carbons (Fsp3) is 0.304. The zero-order valence-electron chi connectivity index (χ0n) is 16.0. The molecule has 0 aromatic heterocycles. The van der Waals surface area contributed by atoms with Gasteiger partial charge in [0.25, 0.3) is 0 Å². The van der Waals surface area contributed by atoms with Crippen LogP contribution in [0.2, 0.25) is 0 Å². The van der Waals surface area contributed by atoms with Crippen LogP contribution in [0.3, 0.4) is 0 Å². The molecule has 2 aromatic rings. The highest BCUT2D eigenvalue weighted by Gasteiger charge is 2.38. The molecule has 5 nitrogen and oxygen atoms in total. The average molecular weight is 377 g/mol. The molecule has 1 aliphatic carbocycles. The Bertz CT molecular complexity index is 948. The Kier molecular flexibility index (Phi) is 4.90. The number of hydrogen-bond acceptors (Lipinski definition) is 4. The lowest BCUT2D eigenvalue weighted by Gasteiger charge is -2.34. The molecule has 0 fully saturated rings. The van der Waals surface area contributed by atoms with Gasteiger partial charge in [-0.1, -0.05) is 36.4 Å². The van der Waals surface area contributed by atoms with E-state index in [9.17, 15) is 9.59 Å². The summed E-state index contributed by atoms with van der Waals surface area (Å²) in [5.41, 5.74) is 3.56. The molecule has 0 saturated carbocycles. The van der Waals surface area contributed by atoms with Crippen LogP contribution in [0.1, 0.15) is 42.2 Å². The molecular formula is C23H23NO4. The highest BCUT2D eigenvalue weighted by molar-refractivity contribution is 6.02. The first-order valence-corrected chi connectivity index (χ1v) is 9.43. The van der Waals surface area contributed by atoms with E-state index in [1.807, 2.05) is 48.5 Å². The summed E-state index contributed by atoms with van der Waals surface area (Å²) in [6.45, 7) is 0. The molecule has 1 heterocycles. The van der Waals surface area contributed by atoms with Gasteiger partial charge in [0.1, 0.15) is 0 Å². The Morgan fingerprint density at radius 3 is 2.32 bits per heavy atom. The van der Waals surface area contributed by atoms with Gasteiger partial charge in [-0.25, -0.2) is 0 Å². The topological polar surface area (TPSA) is 64.6 Å². The van der Waals surface area contributed by atoms with Crippen molar-refractivity contribution in [3.63, 3.8) is 0 Å². The molecule has 2 aliphatic rings. The van der Waals surface area contributed by atoms with Crippen LogP contribution in [-0.2, 0) is 9.59 Å². The summed E-state index contributed by atoms with van der Waals surface area (Å²) in [5, 5.41) is 2.96. The van der Waals surface area contributed by atoms with Gasteiger partial charge in [-0.15, -0.1) is 0 Å². The van der Waals surface area contributed by atoms with Gasteiger partial charge in [0.05, 0.1) is 14.2 Å².